The Hall–Kier alpha value is -1.63. The molecule has 0 unspecified atom stereocenters. The molecule has 21 heavy (non-hydrogen) atoms. The third-order valence-corrected chi connectivity index (χ3v) is 4.46. The highest BCUT2D eigenvalue weighted by Crippen LogP contribution is 2.18. The summed E-state index contributed by atoms with van der Waals surface area (Å²) in [6, 6.07) is 0. The number of carbonyl (C=O) groups excluding carboxylic acids is 1. The number of piperidine rings is 1. The molecule has 114 valence electrons. The van der Waals surface area contributed by atoms with Crippen LogP contribution in [-0.2, 0) is 17.9 Å². The number of fused-ring (bicyclic) bond motifs is 1. The van der Waals surface area contributed by atoms with Gasteiger partial charge in [-0.1, -0.05) is 0 Å². The van der Waals surface area contributed by atoms with E-state index in [0.29, 0.717) is 11.3 Å². The number of likely N-dealkylation sites (tertiary alicyclic amines) is 1. The Morgan fingerprint density at radius 2 is 2.05 bits per heavy atom. The molecule has 1 N–H and O–H groups in total. The van der Waals surface area contributed by atoms with E-state index in [9.17, 15) is 4.79 Å². The largest absolute Gasteiger partial charge is 0.341 e. The zero-order valence-corrected chi connectivity index (χ0v) is 13.4. The molecular weight excluding hydrogens is 286 g/mol. The second-order valence-corrected chi connectivity index (χ2v) is 5.94. The van der Waals surface area contributed by atoms with E-state index in [1.54, 1.807) is 0 Å². The molecule has 1 aliphatic rings. The number of rotatable bonds is 3. The predicted molar refractivity (Wildman–Crippen MR) is 83.7 cm³/mol. The predicted octanol–water partition coefficient (Wildman–Crippen LogP) is 2.24. The topological polar surface area (TPSA) is 58.9 Å². The van der Waals surface area contributed by atoms with Gasteiger partial charge in [-0.05, 0) is 45.3 Å². The van der Waals surface area contributed by atoms with Crippen molar-refractivity contribution >= 4 is 29.3 Å². The van der Waals surface area contributed by atoms with Crippen LogP contribution in [-0.4, -0.2) is 43.2 Å². The molecule has 0 atom stereocenters. The van der Waals surface area contributed by atoms with Crippen LogP contribution < -0.4 is 0 Å². The van der Waals surface area contributed by atoms with Gasteiger partial charge in [0.05, 0.1) is 5.69 Å². The Morgan fingerprint density at radius 1 is 1.33 bits per heavy atom. The first-order valence-electron chi connectivity index (χ1n) is 7.55. The number of H-pyrrole nitrogens is 1. The Balaban J connectivity index is 1.94. The molecule has 2 aromatic heterocycles. The van der Waals surface area contributed by atoms with Crippen molar-refractivity contribution in [2.75, 3.05) is 13.1 Å². The highest BCUT2D eigenvalue weighted by atomic mass is 32.1. The van der Waals surface area contributed by atoms with Gasteiger partial charge in [0, 0.05) is 19.6 Å². The number of aryl methyl sites for hydroxylation is 2. The summed E-state index contributed by atoms with van der Waals surface area (Å²) < 4.78 is 4.38. The Morgan fingerprint density at radius 3 is 2.71 bits per heavy atom. The third kappa shape index (κ3) is 2.50. The van der Waals surface area contributed by atoms with Gasteiger partial charge < -0.3 is 9.88 Å². The fourth-order valence-electron chi connectivity index (χ4n) is 3.01. The molecule has 0 saturated carbocycles. The highest BCUT2D eigenvalue weighted by molar-refractivity contribution is 7.71. The minimum atomic E-state index is 0.146. The van der Waals surface area contributed by atoms with Gasteiger partial charge in [-0.2, -0.15) is 5.10 Å². The number of aromatic nitrogens is 4. The van der Waals surface area contributed by atoms with Crippen molar-refractivity contribution in [2.24, 2.45) is 0 Å². The average molecular weight is 307 g/mol. The number of nitrogens with zero attached hydrogens (tertiary/aromatic N) is 4. The summed E-state index contributed by atoms with van der Waals surface area (Å²) in [5, 5.41) is 4.48. The molecule has 1 aliphatic heterocycles. The fraction of sp³-hybridized carbons (Fsp3) is 0.643. The van der Waals surface area contributed by atoms with E-state index in [4.69, 9.17) is 12.2 Å². The lowest BCUT2D eigenvalue weighted by Crippen LogP contribution is -2.37. The van der Waals surface area contributed by atoms with E-state index in [-0.39, 0.29) is 5.91 Å². The first-order valence-corrected chi connectivity index (χ1v) is 7.96. The fourth-order valence-corrected chi connectivity index (χ4v) is 3.26. The molecule has 0 radical (unpaired) electrons. The van der Waals surface area contributed by atoms with Crippen molar-refractivity contribution in [1.82, 2.24) is 24.2 Å². The van der Waals surface area contributed by atoms with Gasteiger partial charge in [0.2, 0.25) is 5.91 Å². The summed E-state index contributed by atoms with van der Waals surface area (Å²) in [5.74, 6) is 0.146. The van der Waals surface area contributed by atoms with Gasteiger partial charge in [-0.15, -0.1) is 0 Å². The number of aromatic amines is 1. The first kappa shape index (κ1) is 14.3. The van der Waals surface area contributed by atoms with E-state index < -0.39 is 0 Å². The molecule has 1 saturated heterocycles. The van der Waals surface area contributed by atoms with Crippen LogP contribution in [0.4, 0.5) is 0 Å². The molecular formula is C14H21N5OS. The summed E-state index contributed by atoms with van der Waals surface area (Å²) in [6.45, 7) is 6.78. The van der Waals surface area contributed by atoms with Crippen molar-refractivity contribution in [2.45, 2.75) is 46.2 Å². The van der Waals surface area contributed by atoms with Crippen molar-refractivity contribution < 1.29 is 4.79 Å². The summed E-state index contributed by atoms with van der Waals surface area (Å²) in [6.07, 6.45) is 3.43. The maximum atomic E-state index is 12.5. The van der Waals surface area contributed by atoms with Gasteiger partial charge in [0.15, 0.2) is 10.4 Å². The van der Waals surface area contributed by atoms with E-state index in [2.05, 4.69) is 10.1 Å². The van der Waals surface area contributed by atoms with Crippen molar-refractivity contribution in [3.8, 4) is 0 Å². The van der Waals surface area contributed by atoms with Crippen LogP contribution in [0.3, 0.4) is 0 Å². The van der Waals surface area contributed by atoms with E-state index in [1.807, 2.05) is 28.0 Å². The Bertz CT molecular complexity index is 720. The molecule has 7 heteroatoms. The Labute approximate surface area is 128 Å². The van der Waals surface area contributed by atoms with Gasteiger partial charge in [-0.3, -0.25) is 9.36 Å². The van der Waals surface area contributed by atoms with Crippen LogP contribution in [0.2, 0.25) is 0 Å². The molecule has 3 rings (SSSR count). The summed E-state index contributed by atoms with van der Waals surface area (Å²) in [4.78, 5) is 17.6. The minimum Gasteiger partial charge on any atom is -0.341 e. The number of imidazole rings is 1. The number of hydrogen-bond acceptors (Lipinski definition) is 3. The van der Waals surface area contributed by atoms with Gasteiger partial charge in [-0.25, -0.2) is 4.68 Å². The Kier molecular flexibility index (Phi) is 3.84. The van der Waals surface area contributed by atoms with Crippen LogP contribution in [0.1, 0.15) is 31.9 Å². The number of hydrogen-bond donors (Lipinski definition) is 1. The zero-order chi connectivity index (χ0) is 15.0. The molecule has 0 bridgehead atoms. The second-order valence-electron chi connectivity index (χ2n) is 5.56. The first-order chi connectivity index (χ1) is 10.1. The molecule has 0 aromatic carbocycles. The van der Waals surface area contributed by atoms with Crippen LogP contribution in [0.5, 0.6) is 0 Å². The van der Waals surface area contributed by atoms with Crippen molar-refractivity contribution in [3.05, 3.63) is 10.5 Å². The molecule has 1 fully saturated rings. The monoisotopic (exact) mass is 307 g/mol. The lowest BCUT2D eigenvalue weighted by molar-refractivity contribution is -0.132. The van der Waals surface area contributed by atoms with Crippen molar-refractivity contribution in [3.63, 3.8) is 0 Å². The van der Waals surface area contributed by atoms with Gasteiger partial charge in [0.25, 0.3) is 0 Å². The smallest absolute Gasteiger partial charge is 0.242 e. The van der Waals surface area contributed by atoms with Gasteiger partial charge >= 0.3 is 0 Å². The summed E-state index contributed by atoms with van der Waals surface area (Å²) in [5.41, 5.74) is 2.78. The highest BCUT2D eigenvalue weighted by Gasteiger charge is 2.20. The standard InChI is InChI=1S/C14H21N5OS/c1-3-19-13-12(10(2)16-19)15-14(21)18(13)9-11(20)17-7-5-4-6-8-17/h3-9H2,1-2H3,(H,15,21). The van der Waals surface area contributed by atoms with Crippen LogP contribution in [0.25, 0.3) is 11.2 Å². The number of nitrogens with one attached hydrogen (secondary N) is 1. The lowest BCUT2D eigenvalue weighted by Gasteiger charge is -2.26. The normalized spacial score (nSPS) is 15.8. The molecule has 2 aromatic rings. The van der Waals surface area contributed by atoms with Crippen molar-refractivity contribution in [1.29, 1.82) is 0 Å². The molecule has 3 heterocycles. The zero-order valence-electron chi connectivity index (χ0n) is 12.6. The second kappa shape index (κ2) is 5.63. The van der Waals surface area contributed by atoms with E-state index in [1.165, 1.54) is 6.42 Å². The minimum absolute atomic E-state index is 0.146. The van der Waals surface area contributed by atoms with Gasteiger partial charge in [0.1, 0.15) is 12.1 Å². The lowest BCUT2D eigenvalue weighted by atomic mass is 10.1. The SMILES string of the molecule is CCn1nc(C)c2[nH]c(=S)n(CC(=O)N3CCCCC3)c21. The van der Waals surface area contributed by atoms with Crippen LogP contribution >= 0.6 is 12.2 Å². The maximum absolute atomic E-state index is 12.5. The molecule has 6 nitrogen and oxygen atoms in total. The van der Waals surface area contributed by atoms with Crippen LogP contribution in [0, 0.1) is 11.7 Å². The molecule has 0 spiro atoms. The quantitative estimate of drug-likeness (QED) is 0.885. The molecule has 1 amide bonds. The average Bonchev–Trinajstić information content (AvgIpc) is 2.98. The summed E-state index contributed by atoms with van der Waals surface area (Å²) >= 11 is 5.39. The van der Waals surface area contributed by atoms with E-state index >= 15 is 0 Å². The maximum Gasteiger partial charge on any atom is 0.242 e. The molecule has 0 aliphatic carbocycles. The number of carbonyl (C=O) groups is 1. The van der Waals surface area contributed by atoms with E-state index in [0.717, 1.165) is 49.3 Å². The summed E-state index contributed by atoms with van der Waals surface area (Å²) in [7, 11) is 0. The van der Waals surface area contributed by atoms with Crippen LogP contribution in [0.15, 0.2) is 0 Å². The number of amides is 1. The third-order valence-electron chi connectivity index (χ3n) is 4.14.